The molecule has 0 aliphatic carbocycles. The van der Waals surface area contributed by atoms with Gasteiger partial charge in [0.2, 0.25) is 0 Å². The van der Waals surface area contributed by atoms with Crippen molar-refractivity contribution in [3.63, 3.8) is 0 Å². The molecule has 2 heterocycles. The molecule has 0 saturated carbocycles. The number of rotatable bonds is 5. The Kier molecular flexibility index (Phi) is 4.25. The number of nitrogens with zero attached hydrogens (tertiary/aromatic N) is 1. The molecule has 3 aromatic rings. The van der Waals surface area contributed by atoms with Crippen LogP contribution in [-0.2, 0) is 13.1 Å². The second-order valence-electron chi connectivity index (χ2n) is 4.62. The smallest absolute Gasteiger partial charge is 0.107 e. The Bertz CT molecular complexity index is 671. The van der Waals surface area contributed by atoms with Gasteiger partial charge in [0.25, 0.3) is 0 Å². The van der Waals surface area contributed by atoms with E-state index in [0.717, 1.165) is 23.8 Å². The van der Waals surface area contributed by atoms with Crippen LogP contribution in [0.1, 0.15) is 15.4 Å². The quantitative estimate of drug-likeness (QED) is 0.752. The average molecular weight is 300 g/mol. The van der Waals surface area contributed by atoms with Crippen LogP contribution < -0.4 is 5.32 Å². The number of thiazole rings is 1. The van der Waals surface area contributed by atoms with E-state index >= 15 is 0 Å². The summed E-state index contributed by atoms with van der Waals surface area (Å²) in [5.74, 6) is 0. The van der Waals surface area contributed by atoms with Crippen LogP contribution in [0.3, 0.4) is 0 Å². The zero-order chi connectivity index (χ0) is 13.8. The van der Waals surface area contributed by atoms with Gasteiger partial charge in [0, 0.05) is 28.9 Å². The molecule has 4 heteroatoms. The van der Waals surface area contributed by atoms with Gasteiger partial charge in [-0.2, -0.15) is 0 Å². The predicted octanol–water partition coefficient (Wildman–Crippen LogP) is 4.47. The molecular weight excluding hydrogens is 284 g/mol. The molecule has 0 aliphatic rings. The minimum Gasteiger partial charge on any atom is -0.306 e. The molecule has 20 heavy (non-hydrogen) atoms. The number of thiophene rings is 1. The predicted molar refractivity (Wildman–Crippen MR) is 87.1 cm³/mol. The van der Waals surface area contributed by atoms with Crippen LogP contribution in [0.15, 0.2) is 47.2 Å². The minimum absolute atomic E-state index is 0.828. The third-order valence-electron chi connectivity index (χ3n) is 3.15. The van der Waals surface area contributed by atoms with E-state index in [1.165, 1.54) is 16.0 Å². The Balaban J connectivity index is 1.59. The van der Waals surface area contributed by atoms with Gasteiger partial charge in [-0.15, -0.1) is 22.7 Å². The van der Waals surface area contributed by atoms with Crippen molar-refractivity contribution in [2.45, 2.75) is 20.0 Å². The largest absolute Gasteiger partial charge is 0.306 e. The van der Waals surface area contributed by atoms with Crippen molar-refractivity contribution in [2.75, 3.05) is 0 Å². The summed E-state index contributed by atoms with van der Waals surface area (Å²) in [6.07, 6.45) is 0. The number of hydrogen-bond acceptors (Lipinski definition) is 4. The molecule has 0 amide bonds. The topological polar surface area (TPSA) is 24.9 Å². The van der Waals surface area contributed by atoms with E-state index in [-0.39, 0.29) is 0 Å². The fourth-order valence-corrected chi connectivity index (χ4v) is 3.65. The van der Waals surface area contributed by atoms with E-state index in [1.54, 1.807) is 11.3 Å². The first-order valence-electron chi connectivity index (χ1n) is 6.56. The van der Waals surface area contributed by atoms with Crippen molar-refractivity contribution in [3.05, 3.63) is 62.6 Å². The SMILES string of the molecule is Cc1ccsc1CNCc1nc(-c2ccccc2)cs1. The van der Waals surface area contributed by atoms with Crippen molar-refractivity contribution < 1.29 is 0 Å². The molecular formula is C16H16N2S2. The summed E-state index contributed by atoms with van der Waals surface area (Å²) in [5, 5.41) is 8.87. The summed E-state index contributed by atoms with van der Waals surface area (Å²) in [6.45, 7) is 3.91. The summed E-state index contributed by atoms with van der Waals surface area (Å²) >= 11 is 3.52. The van der Waals surface area contributed by atoms with Crippen molar-refractivity contribution >= 4 is 22.7 Å². The lowest BCUT2D eigenvalue weighted by molar-refractivity contribution is 0.695. The van der Waals surface area contributed by atoms with E-state index in [9.17, 15) is 0 Å². The third-order valence-corrected chi connectivity index (χ3v) is 5.02. The number of nitrogens with one attached hydrogen (secondary N) is 1. The molecule has 1 aromatic carbocycles. The molecule has 1 N–H and O–H groups in total. The Morgan fingerprint density at radius 1 is 1.05 bits per heavy atom. The van der Waals surface area contributed by atoms with Crippen LogP contribution in [0.4, 0.5) is 0 Å². The molecule has 3 rings (SSSR count). The molecule has 0 spiro atoms. The van der Waals surface area contributed by atoms with Crippen molar-refractivity contribution in [2.24, 2.45) is 0 Å². The van der Waals surface area contributed by atoms with Crippen LogP contribution >= 0.6 is 22.7 Å². The van der Waals surface area contributed by atoms with Gasteiger partial charge in [0.05, 0.1) is 5.69 Å². The number of aryl methyl sites for hydroxylation is 1. The Labute approximate surface area is 127 Å². The van der Waals surface area contributed by atoms with E-state index in [1.807, 2.05) is 29.5 Å². The molecule has 102 valence electrons. The van der Waals surface area contributed by atoms with E-state index in [0.29, 0.717) is 0 Å². The Morgan fingerprint density at radius 3 is 2.65 bits per heavy atom. The fraction of sp³-hybridized carbons (Fsp3) is 0.188. The monoisotopic (exact) mass is 300 g/mol. The summed E-state index contributed by atoms with van der Waals surface area (Å²) in [7, 11) is 0. The molecule has 0 fully saturated rings. The molecule has 0 saturated heterocycles. The van der Waals surface area contributed by atoms with Crippen molar-refractivity contribution in [1.29, 1.82) is 0 Å². The van der Waals surface area contributed by atoms with E-state index < -0.39 is 0 Å². The van der Waals surface area contributed by atoms with Gasteiger partial charge in [-0.3, -0.25) is 0 Å². The first-order valence-corrected chi connectivity index (χ1v) is 8.32. The van der Waals surface area contributed by atoms with Crippen molar-refractivity contribution in [3.8, 4) is 11.3 Å². The molecule has 0 unspecified atom stereocenters. The summed E-state index contributed by atoms with van der Waals surface area (Å²) in [4.78, 5) is 6.09. The highest BCUT2D eigenvalue weighted by atomic mass is 32.1. The molecule has 0 bridgehead atoms. The first-order chi connectivity index (χ1) is 9.83. The Hall–Kier alpha value is -1.49. The van der Waals surface area contributed by atoms with E-state index in [2.05, 4.69) is 46.2 Å². The van der Waals surface area contributed by atoms with Gasteiger partial charge in [0.1, 0.15) is 5.01 Å². The van der Waals surface area contributed by atoms with Crippen LogP contribution in [0.25, 0.3) is 11.3 Å². The molecule has 0 aliphatic heterocycles. The Morgan fingerprint density at radius 2 is 1.90 bits per heavy atom. The summed E-state index contributed by atoms with van der Waals surface area (Å²) in [6, 6.07) is 12.5. The average Bonchev–Trinajstić information content (AvgIpc) is 3.10. The lowest BCUT2D eigenvalue weighted by atomic mass is 10.2. The van der Waals surface area contributed by atoms with Crippen LogP contribution in [0.2, 0.25) is 0 Å². The van der Waals surface area contributed by atoms with Gasteiger partial charge in [-0.25, -0.2) is 4.98 Å². The molecule has 0 radical (unpaired) electrons. The maximum Gasteiger partial charge on any atom is 0.107 e. The van der Waals surface area contributed by atoms with Crippen LogP contribution in [0.5, 0.6) is 0 Å². The van der Waals surface area contributed by atoms with Gasteiger partial charge in [-0.1, -0.05) is 30.3 Å². The highest BCUT2D eigenvalue weighted by Crippen LogP contribution is 2.21. The second-order valence-corrected chi connectivity index (χ2v) is 6.57. The minimum atomic E-state index is 0.828. The molecule has 2 nitrogen and oxygen atoms in total. The maximum absolute atomic E-state index is 4.68. The third kappa shape index (κ3) is 3.15. The van der Waals surface area contributed by atoms with Gasteiger partial charge in [-0.05, 0) is 23.9 Å². The van der Waals surface area contributed by atoms with Crippen molar-refractivity contribution in [1.82, 2.24) is 10.3 Å². The number of hydrogen-bond donors (Lipinski definition) is 1. The summed E-state index contributed by atoms with van der Waals surface area (Å²) < 4.78 is 0. The highest BCUT2D eigenvalue weighted by Gasteiger charge is 2.04. The molecule has 0 atom stereocenters. The zero-order valence-corrected chi connectivity index (χ0v) is 12.9. The summed E-state index contributed by atoms with van der Waals surface area (Å²) in [5.41, 5.74) is 3.62. The first kappa shape index (κ1) is 13.5. The normalized spacial score (nSPS) is 10.8. The highest BCUT2D eigenvalue weighted by molar-refractivity contribution is 7.10. The van der Waals surface area contributed by atoms with Gasteiger partial charge < -0.3 is 5.32 Å². The van der Waals surface area contributed by atoms with E-state index in [4.69, 9.17) is 0 Å². The maximum atomic E-state index is 4.68. The standard InChI is InChI=1S/C16H16N2S2/c1-12-7-8-19-15(12)9-17-10-16-18-14(11-20-16)13-5-3-2-4-6-13/h2-8,11,17H,9-10H2,1H3. The fourth-order valence-electron chi connectivity index (χ4n) is 2.00. The number of aromatic nitrogens is 1. The lowest BCUT2D eigenvalue weighted by Crippen LogP contribution is -2.12. The second kappa shape index (κ2) is 6.31. The van der Waals surface area contributed by atoms with Crippen LogP contribution in [0, 0.1) is 6.92 Å². The number of benzene rings is 1. The zero-order valence-electron chi connectivity index (χ0n) is 11.3. The lowest BCUT2D eigenvalue weighted by Gasteiger charge is -2.01. The molecule has 2 aromatic heterocycles. The van der Waals surface area contributed by atoms with Gasteiger partial charge >= 0.3 is 0 Å². The van der Waals surface area contributed by atoms with Gasteiger partial charge in [0.15, 0.2) is 0 Å². The van der Waals surface area contributed by atoms with Crippen LogP contribution in [-0.4, -0.2) is 4.98 Å².